The lowest BCUT2D eigenvalue weighted by Gasteiger charge is -2.03. The molecule has 0 atom stereocenters. The summed E-state index contributed by atoms with van der Waals surface area (Å²) in [5.41, 5.74) is -0.0418. The SMILES string of the molecule is O=C(O)c1cc(-c2cc(F)cc(Cl)c2O)n[nH]1. The minimum atomic E-state index is -1.20. The van der Waals surface area contributed by atoms with Gasteiger partial charge in [-0.15, -0.1) is 0 Å². The van der Waals surface area contributed by atoms with Crippen molar-refractivity contribution in [3.8, 4) is 17.0 Å². The van der Waals surface area contributed by atoms with Gasteiger partial charge in [-0.25, -0.2) is 9.18 Å². The minimum absolute atomic E-state index is 0.0266. The Balaban J connectivity index is 2.56. The number of carbonyl (C=O) groups is 1. The van der Waals surface area contributed by atoms with Gasteiger partial charge in [-0.1, -0.05) is 11.6 Å². The number of benzene rings is 1. The molecule has 0 radical (unpaired) electrons. The number of nitrogens with one attached hydrogen (secondary N) is 1. The molecule has 0 unspecified atom stereocenters. The molecule has 2 aromatic rings. The van der Waals surface area contributed by atoms with Crippen molar-refractivity contribution in [2.75, 3.05) is 0 Å². The van der Waals surface area contributed by atoms with Crippen molar-refractivity contribution in [1.29, 1.82) is 0 Å². The summed E-state index contributed by atoms with van der Waals surface area (Å²) in [6.07, 6.45) is 0. The summed E-state index contributed by atoms with van der Waals surface area (Å²) in [5.74, 6) is -2.20. The van der Waals surface area contributed by atoms with Gasteiger partial charge < -0.3 is 10.2 Å². The second-order valence-corrected chi connectivity index (χ2v) is 3.66. The Labute approximate surface area is 99.5 Å². The van der Waals surface area contributed by atoms with Crippen molar-refractivity contribution in [2.24, 2.45) is 0 Å². The molecule has 2 rings (SSSR count). The number of rotatable bonds is 2. The van der Waals surface area contributed by atoms with Gasteiger partial charge in [0, 0.05) is 5.56 Å². The average Bonchev–Trinajstić information content (AvgIpc) is 2.72. The predicted molar refractivity (Wildman–Crippen MR) is 57.6 cm³/mol. The molecule has 0 aliphatic heterocycles. The van der Waals surface area contributed by atoms with Gasteiger partial charge in [-0.3, -0.25) is 5.10 Å². The molecule has 0 spiro atoms. The second-order valence-electron chi connectivity index (χ2n) is 3.26. The van der Waals surface area contributed by atoms with E-state index in [1.165, 1.54) is 6.07 Å². The third-order valence-corrected chi connectivity index (χ3v) is 2.40. The van der Waals surface area contributed by atoms with E-state index in [9.17, 15) is 14.3 Å². The fraction of sp³-hybridized carbons (Fsp3) is 0. The Bertz CT molecular complexity index is 597. The smallest absolute Gasteiger partial charge is 0.353 e. The van der Waals surface area contributed by atoms with Crippen LogP contribution in [-0.4, -0.2) is 26.4 Å². The van der Waals surface area contributed by atoms with E-state index in [2.05, 4.69) is 10.2 Å². The molecule has 0 fully saturated rings. The molecule has 0 bridgehead atoms. The fourth-order valence-corrected chi connectivity index (χ4v) is 1.54. The number of carboxylic acid groups (broad SMARTS) is 1. The highest BCUT2D eigenvalue weighted by Gasteiger charge is 2.15. The maximum Gasteiger partial charge on any atom is 0.353 e. The molecular formula is C10H6ClFN2O3. The van der Waals surface area contributed by atoms with Crippen molar-refractivity contribution in [2.45, 2.75) is 0 Å². The number of phenols is 1. The first-order valence-electron chi connectivity index (χ1n) is 4.46. The number of aromatic hydroxyl groups is 1. The van der Waals surface area contributed by atoms with Crippen LogP contribution in [0.25, 0.3) is 11.3 Å². The molecule has 7 heteroatoms. The van der Waals surface area contributed by atoms with E-state index in [1.807, 2.05) is 0 Å². The first-order chi connectivity index (χ1) is 7.99. The summed E-state index contributed by atoms with van der Waals surface area (Å²) < 4.78 is 13.1. The number of carboxylic acids is 1. The van der Waals surface area contributed by atoms with Crippen LogP contribution < -0.4 is 0 Å². The monoisotopic (exact) mass is 256 g/mol. The van der Waals surface area contributed by atoms with E-state index in [4.69, 9.17) is 16.7 Å². The maximum absolute atomic E-state index is 13.1. The molecular weight excluding hydrogens is 251 g/mol. The molecule has 1 aromatic carbocycles. The van der Waals surface area contributed by atoms with Crippen LogP contribution in [0.1, 0.15) is 10.5 Å². The highest BCUT2D eigenvalue weighted by molar-refractivity contribution is 6.32. The molecule has 0 saturated carbocycles. The number of aromatic nitrogens is 2. The fourth-order valence-electron chi connectivity index (χ4n) is 1.33. The van der Waals surface area contributed by atoms with E-state index >= 15 is 0 Å². The van der Waals surface area contributed by atoms with Gasteiger partial charge >= 0.3 is 5.97 Å². The van der Waals surface area contributed by atoms with Crippen molar-refractivity contribution in [3.63, 3.8) is 0 Å². The Hall–Kier alpha value is -2.08. The summed E-state index contributed by atoms with van der Waals surface area (Å²) in [6.45, 7) is 0. The third kappa shape index (κ3) is 2.07. The first kappa shape index (κ1) is 11.4. The van der Waals surface area contributed by atoms with E-state index in [-0.39, 0.29) is 27.7 Å². The van der Waals surface area contributed by atoms with Crippen LogP contribution in [0, 0.1) is 5.82 Å². The number of H-pyrrole nitrogens is 1. The highest BCUT2D eigenvalue weighted by Crippen LogP contribution is 2.35. The standard InChI is InChI=1S/C10H6ClFN2O3/c11-6-2-4(12)1-5(9(6)15)7-3-8(10(16)17)14-13-7/h1-3,15H,(H,13,14)(H,16,17). The Kier molecular flexibility index (Phi) is 2.72. The molecule has 0 saturated heterocycles. The lowest BCUT2D eigenvalue weighted by molar-refractivity contribution is 0.0690. The number of aromatic amines is 1. The van der Waals surface area contributed by atoms with Crippen molar-refractivity contribution >= 4 is 17.6 Å². The van der Waals surface area contributed by atoms with E-state index in [0.29, 0.717) is 0 Å². The predicted octanol–water partition coefficient (Wildman–Crippen LogP) is 2.27. The maximum atomic E-state index is 13.1. The van der Waals surface area contributed by atoms with Gasteiger partial charge in [-0.05, 0) is 18.2 Å². The van der Waals surface area contributed by atoms with Crippen molar-refractivity contribution in [3.05, 3.63) is 34.7 Å². The molecule has 17 heavy (non-hydrogen) atoms. The minimum Gasteiger partial charge on any atom is -0.506 e. The second kappa shape index (κ2) is 4.06. The highest BCUT2D eigenvalue weighted by atomic mass is 35.5. The lowest BCUT2D eigenvalue weighted by atomic mass is 10.1. The quantitative estimate of drug-likeness (QED) is 0.769. The van der Waals surface area contributed by atoms with Crippen LogP contribution in [0.15, 0.2) is 18.2 Å². The van der Waals surface area contributed by atoms with E-state index < -0.39 is 11.8 Å². The van der Waals surface area contributed by atoms with Gasteiger partial charge in [0.05, 0.1) is 10.7 Å². The molecule has 3 N–H and O–H groups in total. The molecule has 0 aliphatic rings. The zero-order valence-corrected chi connectivity index (χ0v) is 8.99. The number of hydrogen-bond acceptors (Lipinski definition) is 3. The molecule has 88 valence electrons. The normalized spacial score (nSPS) is 10.5. The van der Waals surface area contributed by atoms with E-state index in [0.717, 1.165) is 12.1 Å². The number of aromatic carboxylic acids is 1. The Morgan fingerprint density at radius 1 is 1.41 bits per heavy atom. The summed E-state index contributed by atoms with van der Waals surface area (Å²) in [5, 5.41) is 24.0. The molecule has 0 aliphatic carbocycles. The van der Waals surface area contributed by atoms with Crippen LogP contribution in [-0.2, 0) is 0 Å². The van der Waals surface area contributed by atoms with Crippen molar-refractivity contribution in [1.82, 2.24) is 10.2 Å². The number of hydrogen-bond donors (Lipinski definition) is 3. The van der Waals surface area contributed by atoms with Crippen LogP contribution in [0.4, 0.5) is 4.39 Å². The molecule has 0 amide bonds. The number of nitrogens with zero attached hydrogens (tertiary/aromatic N) is 1. The molecule has 1 heterocycles. The summed E-state index contributed by atoms with van der Waals surface area (Å²) in [4.78, 5) is 10.6. The summed E-state index contributed by atoms with van der Waals surface area (Å²) in [6, 6.07) is 3.14. The van der Waals surface area contributed by atoms with Gasteiger partial charge in [0.15, 0.2) is 0 Å². The van der Waals surface area contributed by atoms with E-state index in [1.54, 1.807) is 0 Å². The van der Waals surface area contributed by atoms with Crippen LogP contribution in [0.5, 0.6) is 5.75 Å². The molecule has 1 aromatic heterocycles. The summed E-state index contributed by atoms with van der Waals surface area (Å²) >= 11 is 5.59. The number of phenolic OH excluding ortho intramolecular Hbond substituents is 1. The third-order valence-electron chi connectivity index (χ3n) is 2.11. The average molecular weight is 257 g/mol. The van der Waals surface area contributed by atoms with Crippen LogP contribution >= 0.6 is 11.6 Å². The van der Waals surface area contributed by atoms with Gasteiger partial charge in [0.25, 0.3) is 0 Å². The largest absolute Gasteiger partial charge is 0.506 e. The van der Waals surface area contributed by atoms with Crippen LogP contribution in [0.2, 0.25) is 5.02 Å². The zero-order valence-electron chi connectivity index (χ0n) is 8.24. The van der Waals surface area contributed by atoms with Gasteiger partial charge in [0.2, 0.25) is 0 Å². The van der Waals surface area contributed by atoms with Crippen molar-refractivity contribution < 1.29 is 19.4 Å². The van der Waals surface area contributed by atoms with Gasteiger partial charge in [0.1, 0.15) is 17.3 Å². The zero-order chi connectivity index (χ0) is 12.6. The lowest BCUT2D eigenvalue weighted by Crippen LogP contribution is -1.95. The summed E-state index contributed by atoms with van der Waals surface area (Å²) in [7, 11) is 0. The molecule has 5 nitrogen and oxygen atoms in total. The Morgan fingerprint density at radius 2 is 2.12 bits per heavy atom. The number of halogens is 2. The topological polar surface area (TPSA) is 86.2 Å². The van der Waals surface area contributed by atoms with Crippen LogP contribution in [0.3, 0.4) is 0 Å². The van der Waals surface area contributed by atoms with Gasteiger partial charge in [-0.2, -0.15) is 5.10 Å². The first-order valence-corrected chi connectivity index (χ1v) is 4.84. The Morgan fingerprint density at radius 3 is 2.71 bits per heavy atom.